The van der Waals surface area contributed by atoms with E-state index in [1.54, 1.807) is 13.9 Å². The van der Waals surface area contributed by atoms with E-state index in [1.165, 1.54) is 21.6 Å². The highest BCUT2D eigenvalue weighted by Gasteiger charge is 2.35. The second kappa shape index (κ2) is 23.3. The van der Waals surface area contributed by atoms with Crippen LogP contribution in [0.3, 0.4) is 0 Å². The molecule has 0 N–H and O–H groups in total. The monoisotopic (exact) mass is 964 g/mol. The van der Waals surface area contributed by atoms with Crippen LogP contribution >= 0.6 is 8.58 Å². The van der Waals surface area contributed by atoms with Crippen molar-refractivity contribution in [1.29, 1.82) is 0 Å². The summed E-state index contributed by atoms with van der Waals surface area (Å²) < 4.78 is 25.6. The quantitative estimate of drug-likeness (QED) is 0.0504. The molecule has 6 aromatic carbocycles. The number of aromatic nitrogens is 1. The molecule has 7 aromatic rings. The summed E-state index contributed by atoms with van der Waals surface area (Å²) in [5, 5.41) is 3.65. The Morgan fingerprint density at radius 3 is 2.04 bits per heavy atom. The topological polar surface area (TPSA) is 14.2 Å². The van der Waals surface area contributed by atoms with Crippen LogP contribution in [0.15, 0.2) is 223 Å². The van der Waals surface area contributed by atoms with Crippen LogP contribution in [0.5, 0.6) is 5.75 Å². The predicted octanol–water partition coefficient (Wildman–Crippen LogP) is 18.6. The number of aryl methyl sites for hydroxylation is 2. The fourth-order valence-electron chi connectivity index (χ4n) is 10.4. The van der Waals surface area contributed by atoms with Crippen molar-refractivity contribution >= 4 is 48.5 Å². The maximum absolute atomic E-state index is 18.0. The van der Waals surface area contributed by atoms with Crippen molar-refractivity contribution in [2.75, 3.05) is 13.8 Å². The number of fused-ring (bicyclic) bond motifs is 1. The highest BCUT2D eigenvalue weighted by Crippen LogP contribution is 2.51. The van der Waals surface area contributed by atoms with Crippen LogP contribution in [-0.4, -0.2) is 25.4 Å². The Hall–Kier alpha value is -7.26. The zero-order valence-corrected chi connectivity index (χ0v) is 45.1. The normalized spacial score (nSPS) is 13.2. The standard InChI is InChI=1S/C67H68BFNOP/c1-15-23-43(3)41-46(6)61(49(9)48(8)52-33-38-57(72-14)39-34-52)51(11)64(60-30-22-25-45(5)62(60)59-40-35-53-26-20-21-29-58(53)50(59)10)67-63(47(7)42-44(4)24-16-2)65(54-27-18-17-19-28-54)66(70(67)68(12)69)55-31-36-56(71-13)37-32-55/h15-42,72H,1,7-8H2,2-6,9-14H3/b24-16-,43-23-,44-42-,46-41+,61-49-,64-51+. The molecule has 0 saturated carbocycles. The molecular formula is C67H68BFNOP. The first-order valence-electron chi connectivity index (χ1n) is 24.7. The van der Waals surface area contributed by atoms with E-state index in [0.29, 0.717) is 14.3 Å². The van der Waals surface area contributed by atoms with E-state index in [2.05, 4.69) is 183 Å². The first kappa shape index (κ1) is 52.6. The minimum atomic E-state index is -1.50. The second-order valence-corrected chi connectivity index (χ2v) is 19.7. The van der Waals surface area contributed by atoms with Crippen molar-refractivity contribution in [3.05, 3.63) is 257 Å². The Balaban J connectivity index is 1.81. The molecular weight excluding hydrogens is 896 g/mol. The van der Waals surface area contributed by atoms with Crippen molar-refractivity contribution in [2.24, 2.45) is 0 Å². The molecule has 2 nitrogen and oxygen atoms in total. The molecule has 1 aromatic heterocycles. The van der Waals surface area contributed by atoms with Gasteiger partial charge in [0.25, 0.3) is 0 Å². The van der Waals surface area contributed by atoms with Gasteiger partial charge in [0, 0.05) is 28.1 Å². The molecule has 0 aliphatic carbocycles. The van der Waals surface area contributed by atoms with Crippen molar-refractivity contribution in [3.63, 3.8) is 0 Å². The Labute approximate surface area is 431 Å². The van der Waals surface area contributed by atoms with Crippen LogP contribution in [0.2, 0.25) is 6.82 Å². The minimum Gasteiger partial charge on any atom is -0.497 e. The molecule has 72 heavy (non-hydrogen) atoms. The van der Waals surface area contributed by atoms with Crippen molar-refractivity contribution in [3.8, 4) is 39.3 Å². The van der Waals surface area contributed by atoms with Crippen LogP contribution in [0.4, 0.5) is 4.32 Å². The molecule has 0 spiro atoms. The average molecular weight is 964 g/mol. The smallest absolute Gasteiger partial charge is 0.462 e. The van der Waals surface area contributed by atoms with Crippen LogP contribution < -0.4 is 10.0 Å². The summed E-state index contributed by atoms with van der Waals surface area (Å²) in [6.07, 6.45) is 12.3. The van der Waals surface area contributed by atoms with E-state index < -0.39 is 7.12 Å². The van der Waals surface area contributed by atoms with Gasteiger partial charge >= 0.3 is 7.12 Å². The van der Waals surface area contributed by atoms with Gasteiger partial charge in [-0.2, -0.15) is 0 Å². The maximum Gasteiger partial charge on any atom is 0.462 e. The molecule has 7 rings (SSSR count). The van der Waals surface area contributed by atoms with Gasteiger partial charge in [-0.3, -0.25) is 0 Å². The largest absolute Gasteiger partial charge is 0.497 e. The number of methoxy groups -OCH3 is 1. The van der Waals surface area contributed by atoms with Gasteiger partial charge in [0.1, 0.15) is 5.75 Å². The van der Waals surface area contributed by atoms with Gasteiger partial charge < -0.3 is 13.5 Å². The number of hydrogen-bond donors (Lipinski definition) is 0. The maximum atomic E-state index is 18.0. The number of hydrogen-bond acceptors (Lipinski definition) is 1. The molecule has 0 aliphatic heterocycles. The fraction of sp³-hybridized carbons (Fsp3) is 0.164. The van der Waals surface area contributed by atoms with Gasteiger partial charge in [0.05, 0.1) is 7.11 Å². The van der Waals surface area contributed by atoms with Gasteiger partial charge in [0.15, 0.2) is 0 Å². The first-order valence-corrected chi connectivity index (χ1v) is 26.2. The molecule has 0 saturated heterocycles. The van der Waals surface area contributed by atoms with Gasteiger partial charge in [0.2, 0.25) is 0 Å². The van der Waals surface area contributed by atoms with Crippen molar-refractivity contribution in [2.45, 2.75) is 62.2 Å². The summed E-state index contributed by atoms with van der Waals surface area (Å²) >= 11 is 0. The highest BCUT2D eigenvalue weighted by molar-refractivity contribution is 7.46. The molecule has 0 aliphatic rings. The Morgan fingerprint density at radius 2 is 1.40 bits per heavy atom. The summed E-state index contributed by atoms with van der Waals surface area (Å²) in [5.41, 5.74) is 20.1. The highest BCUT2D eigenvalue weighted by atomic mass is 31.1. The lowest BCUT2D eigenvalue weighted by atomic mass is 9.78. The third-order valence-electron chi connectivity index (χ3n) is 13.7. The van der Waals surface area contributed by atoms with Crippen LogP contribution in [0.1, 0.15) is 75.1 Å². The van der Waals surface area contributed by atoms with E-state index in [4.69, 9.17) is 17.9 Å². The Bertz CT molecular complexity index is 3390. The summed E-state index contributed by atoms with van der Waals surface area (Å²) in [6.45, 7) is 34.8. The SMILES string of the molecule is C=C\C=C(C)/C=C(C)/C(=C(\C)C(=C)c1ccc(PC)cc1)C(/C)=C(\c1cccc(C)c1-c1ccc2ccccc2c1C)c1c(C(=C)/C=C(C)\C=C/C)c(-c2ccccc2)c(-c2ccc(OC)cc2)n1B(C)F. The predicted molar refractivity (Wildman–Crippen MR) is 318 cm³/mol. The average Bonchev–Trinajstić information content (AvgIpc) is 3.73. The lowest BCUT2D eigenvalue weighted by molar-refractivity contribution is 0.415. The molecule has 0 fully saturated rings. The molecule has 1 unspecified atom stereocenters. The Morgan fingerprint density at radius 1 is 0.722 bits per heavy atom. The van der Waals surface area contributed by atoms with Crippen molar-refractivity contribution < 1.29 is 9.05 Å². The van der Waals surface area contributed by atoms with E-state index >= 15 is 4.32 Å². The van der Waals surface area contributed by atoms with Crippen LogP contribution in [0, 0.1) is 13.8 Å². The number of ether oxygens (including phenoxy) is 1. The lowest BCUT2D eigenvalue weighted by Gasteiger charge is -2.26. The molecule has 0 amide bonds. The van der Waals surface area contributed by atoms with Crippen LogP contribution in [0.25, 0.3) is 61.0 Å². The summed E-state index contributed by atoms with van der Waals surface area (Å²) in [4.78, 5) is 0. The third kappa shape index (κ3) is 10.8. The van der Waals surface area contributed by atoms with Gasteiger partial charge in [-0.25, -0.2) is 0 Å². The van der Waals surface area contributed by atoms with Gasteiger partial charge in [-0.05, 0) is 187 Å². The minimum absolute atomic E-state index is 0.684. The molecule has 0 bridgehead atoms. The Kier molecular flexibility index (Phi) is 17.0. The molecule has 0 radical (unpaired) electrons. The molecule has 362 valence electrons. The van der Waals surface area contributed by atoms with Crippen LogP contribution in [-0.2, 0) is 0 Å². The lowest BCUT2D eigenvalue weighted by Crippen LogP contribution is -2.20. The zero-order chi connectivity index (χ0) is 51.8. The molecule has 1 atom stereocenters. The van der Waals surface area contributed by atoms with Gasteiger partial charge in [-0.15, -0.1) is 0 Å². The first-order chi connectivity index (χ1) is 34.6. The van der Waals surface area contributed by atoms with E-state index in [9.17, 15) is 0 Å². The summed E-state index contributed by atoms with van der Waals surface area (Å²) in [7, 11) is 0.848. The van der Waals surface area contributed by atoms with Crippen molar-refractivity contribution in [1.82, 2.24) is 4.48 Å². The number of halogens is 1. The molecule has 5 heteroatoms. The zero-order valence-electron chi connectivity index (χ0n) is 44.1. The summed E-state index contributed by atoms with van der Waals surface area (Å²) in [6, 6.07) is 46.7. The van der Waals surface area contributed by atoms with E-state index in [0.717, 1.165) is 112 Å². The number of nitrogens with zero attached hydrogens (tertiary/aromatic N) is 1. The number of benzene rings is 6. The fourth-order valence-corrected chi connectivity index (χ4v) is 10.9. The number of rotatable bonds is 17. The number of allylic oxidation sites excluding steroid dienone is 14. The third-order valence-corrected chi connectivity index (χ3v) is 14.6. The summed E-state index contributed by atoms with van der Waals surface area (Å²) in [5.74, 6) is 0.714. The van der Waals surface area contributed by atoms with Gasteiger partial charge in [-0.1, -0.05) is 185 Å². The van der Waals surface area contributed by atoms with E-state index in [-0.39, 0.29) is 0 Å². The second-order valence-electron chi connectivity index (χ2n) is 18.6. The van der Waals surface area contributed by atoms with E-state index in [1.807, 2.05) is 60.0 Å². The molecule has 1 heterocycles.